The van der Waals surface area contributed by atoms with Gasteiger partial charge in [-0.2, -0.15) is 0 Å². The SMILES string of the molecule is CCOCC(C)OCC1CCNC1. The van der Waals surface area contributed by atoms with Gasteiger partial charge in [0.05, 0.1) is 19.3 Å². The molecule has 2 atom stereocenters. The summed E-state index contributed by atoms with van der Waals surface area (Å²) in [4.78, 5) is 0. The van der Waals surface area contributed by atoms with E-state index in [0.29, 0.717) is 5.92 Å². The molecule has 1 rings (SSSR count). The van der Waals surface area contributed by atoms with E-state index in [1.807, 2.05) is 6.92 Å². The Kier molecular flexibility index (Phi) is 5.35. The Morgan fingerprint density at radius 3 is 3.00 bits per heavy atom. The fourth-order valence-corrected chi connectivity index (χ4v) is 1.49. The van der Waals surface area contributed by atoms with Gasteiger partial charge in [-0.15, -0.1) is 0 Å². The summed E-state index contributed by atoms with van der Waals surface area (Å²) in [6.45, 7) is 8.71. The molecule has 1 heterocycles. The van der Waals surface area contributed by atoms with Crippen LogP contribution < -0.4 is 5.32 Å². The zero-order chi connectivity index (χ0) is 9.52. The third kappa shape index (κ3) is 4.60. The molecule has 0 radical (unpaired) electrons. The standard InChI is InChI=1S/C10H21NO2/c1-3-12-7-9(2)13-8-10-4-5-11-6-10/h9-11H,3-8H2,1-2H3. The highest BCUT2D eigenvalue weighted by molar-refractivity contribution is 4.70. The lowest BCUT2D eigenvalue weighted by Crippen LogP contribution is -2.21. The molecule has 3 heteroatoms. The van der Waals surface area contributed by atoms with Crippen LogP contribution >= 0.6 is 0 Å². The first-order valence-corrected chi connectivity index (χ1v) is 5.23. The molecular weight excluding hydrogens is 166 g/mol. The fourth-order valence-electron chi connectivity index (χ4n) is 1.49. The van der Waals surface area contributed by atoms with Crippen LogP contribution in [-0.4, -0.2) is 39.0 Å². The summed E-state index contributed by atoms with van der Waals surface area (Å²) < 4.78 is 10.9. The number of hydrogen-bond acceptors (Lipinski definition) is 3. The Bertz CT molecular complexity index is 124. The number of ether oxygens (including phenoxy) is 2. The predicted octanol–water partition coefficient (Wildman–Crippen LogP) is 1.04. The number of rotatable bonds is 6. The highest BCUT2D eigenvalue weighted by Crippen LogP contribution is 2.08. The zero-order valence-electron chi connectivity index (χ0n) is 8.71. The maximum atomic E-state index is 5.66. The molecule has 0 aliphatic carbocycles. The van der Waals surface area contributed by atoms with Crippen LogP contribution in [0.1, 0.15) is 20.3 Å². The van der Waals surface area contributed by atoms with Gasteiger partial charge in [-0.25, -0.2) is 0 Å². The summed E-state index contributed by atoms with van der Waals surface area (Å²) in [5, 5.41) is 3.33. The molecule has 1 fully saturated rings. The quantitative estimate of drug-likeness (QED) is 0.674. The predicted molar refractivity (Wildman–Crippen MR) is 52.9 cm³/mol. The maximum absolute atomic E-state index is 5.66. The first kappa shape index (κ1) is 11.0. The molecule has 0 bridgehead atoms. The summed E-state index contributed by atoms with van der Waals surface area (Å²) in [5.41, 5.74) is 0. The van der Waals surface area contributed by atoms with Crippen LogP contribution in [-0.2, 0) is 9.47 Å². The molecule has 0 saturated carbocycles. The second kappa shape index (κ2) is 6.35. The van der Waals surface area contributed by atoms with Crippen molar-refractivity contribution in [3.63, 3.8) is 0 Å². The van der Waals surface area contributed by atoms with Gasteiger partial charge in [0.2, 0.25) is 0 Å². The average molecular weight is 187 g/mol. The van der Waals surface area contributed by atoms with E-state index in [2.05, 4.69) is 12.2 Å². The van der Waals surface area contributed by atoms with Crippen molar-refractivity contribution in [2.75, 3.05) is 32.9 Å². The van der Waals surface area contributed by atoms with Gasteiger partial charge in [0.25, 0.3) is 0 Å². The molecule has 3 nitrogen and oxygen atoms in total. The molecule has 1 N–H and O–H groups in total. The van der Waals surface area contributed by atoms with E-state index < -0.39 is 0 Å². The Morgan fingerprint density at radius 2 is 2.38 bits per heavy atom. The molecule has 13 heavy (non-hydrogen) atoms. The Labute approximate surface area is 80.8 Å². The second-order valence-electron chi connectivity index (χ2n) is 3.66. The highest BCUT2D eigenvalue weighted by Gasteiger charge is 2.15. The van der Waals surface area contributed by atoms with Crippen molar-refractivity contribution in [2.24, 2.45) is 5.92 Å². The van der Waals surface area contributed by atoms with Crippen LogP contribution in [0.25, 0.3) is 0 Å². The van der Waals surface area contributed by atoms with Crippen LogP contribution in [0.2, 0.25) is 0 Å². The van der Waals surface area contributed by atoms with Crippen LogP contribution in [0.3, 0.4) is 0 Å². The number of nitrogens with one attached hydrogen (secondary N) is 1. The minimum Gasteiger partial charge on any atom is -0.379 e. The molecular formula is C10H21NO2. The highest BCUT2D eigenvalue weighted by atomic mass is 16.5. The van der Waals surface area contributed by atoms with Crippen molar-refractivity contribution < 1.29 is 9.47 Å². The molecule has 78 valence electrons. The van der Waals surface area contributed by atoms with Crippen molar-refractivity contribution in [1.82, 2.24) is 5.32 Å². The Morgan fingerprint density at radius 1 is 1.54 bits per heavy atom. The first-order valence-electron chi connectivity index (χ1n) is 5.23. The number of hydrogen-bond donors (Lipinski definition) is 1. The molecule has 0 aromatic rings. The third-order valence-corrected chi connectivity index (χ3v) is 2.34. The van der Waals surface area contributed by atoms with Gasteiger partial charge in [0.15, 0.2) is 0 Å². The van der Waals surface area contributed by atoms with Gasteiger partial charge in [0, 0.05) is 13.2 Å². The summed E-state index contributed by atoms with van der Waals surface area (Å²) in [6.07, 6.45) is 1.49. The lowest BCUT2D eigenvalue weighted by molar-refractivity contribution is -0.0148. The van der Waals surface area contributed by atoms with Crippen molar-refractivity contribution in [1.29, 1.82) is 0 Å². The van der Waals surface area contributed by atoms with E-state index in [-0.39, 0.29) is 6.10 Å². The molecule has 1 saturated heterocycles. The van der Waals surface area contributed by atoms with E-state index in [1.165, 1.54) is 6.42 Å². The van der Waals surface area contributed by atoms with E-state index in [4.69, 9.17) is 9.47 Å². The minimum absolute atomic E-state index is 0.237. The van der Waals surface area contributed by atoms with Crippen LogP contribution in [0.15, 0.2) is 0 Å². The molecule has 2 unspecified atom stereocenters. The van der Waals surface area contributed by atoms with E-state index >= 15 is 0 Å². The average Bonchev–Trinajstić information content (AvgIpc) is 2.64. The lowest BCUT2D eigenvalue weighted by Gasteiger charge is -2.15. The van der Waals surface area contributed by atoms with Crippen LogP contribution in [0, 0.1) is 5.92 Å². The van der Waals surface area contributed by atoms with Gasteiger partial charge < -0.3 is 14.8 Å². The van der Waals surface area contributed by atoms with Crippen LogP contribution in [0.4, 0.5) is 0 Å². The largest absolute Gasteiger partial charge is 0.379 e. The topological polar surface area (TPSA) is 30.5 Å². The van der Waals surface area contributed by atoms with Crippen molar-refractivity contribution in [3.8, 4) is 0 Å². The summed E-state index contributed by atoms with van der Waals surface area (Å²) in [6, 6.07) is 0. The van der Waals surface area contributed by atoms with Gasteiger partial charge >= 0.3 is 0 Å². The normalized spacial score (nSPS) is 24.9. The molecule has 1 aliphatic rings. The minimum atomic E-state index is 0.237. The molecule has 1 aliphatic heterocycles. The van der Waals surface area contributed by atoms with Crippen LogP contribution in [0.5, 0.6) is 0 Å². The fraction of sp³-hybridized carbons (Fsp3) is 1.00. The van der Waals surface area contributed by atoms with Gasteiger partial charge in [-0.05, 0) is 32.7 Å². The van der Waals surface area contributed by atoms with Gasteiger partial charge in [-0.1, -0.05) is 0 Å². The summed E-state index contributed by atoms with van der Waals surface area (Å²) in [5.74, 6) is 0.712. The van der Waals surface area contributed by atoms with Crippen molar-refractivity contribution in [3.05, 3.63) is 0 Å². The molecule has 0 amide bonds. The Hall–Kier alpha value is -0.120. The Balaban J connectivity index is 1.97. The lowest BCUT2D eigenvalue weighted by atomic mass is 10.1. The van der Waals surface area contributed by atoms with Gasteiger partial charge in [-0.3, -0.25) is 0 Å². The third-order valence-electron chi connectivity index (χ3n) is 2.34. The first-order chi connectivity index (χ1) is 6.33. The van der Waals surface area contributed by atoms with Gasteiger partial charge in [0.1, 0.15) is 0 Å². The van der Waals surface area contributed by atoms with E-state index in [0.717, 1.165) is 32.9 Å². The second-order valence-corrected chi connectivity index (χ2v) is 3.66. The summed E-state index contributed by atoms with van der Waals surface area (Å²) in [7, 11) is 0. The monoisotopic (exact) mass is 187 g/mol. The van der Waals surface area contributed by atoms with E-state index in [1.54, 1.807) is 0 Å². The zero-order valence-corrected chi connectivity index (χ0v) is 8.71. The van der Waals surface area contributed by atoms with Crippen molar-refractivity contribution >= 4 is 0 Å². The van der Waals surface area contributed by atoms with Crippen molar-refractivity contribution in [2.45, 2.75) is 26.4 Å². The molecule has 0 spiro atoms. The molecule has 0 aromatic carbocycles. The summed E-state index contributed by atoms with van der Waals surface area (Å²) >= 11 is 0. The van der Waals surface area contributed by atoms with E-state index in [9.17, 15) is 0 Å². The molecule has 0 aromatic heterocycles. The smallest absolute Gasteiger partial charge is 0.0780 e. The maximum Gasteiger partial charge on any atom is 0.0780 e.